The quantitative estimate of drug-likeness (QED) is 0.170. The first-order valence-electron chi connectivity index (χ1n) is 8.22. The molecule has 0 heterocycles. The highest BCUT2D eigenvalue weighted by molar-refractivity contribution is 14.2. The lowest BCUT2D eigenvalue weighted by Crippen LogP contribution is -2.45. The molecule has 1 N–H and O–H groups in total. The maximum absolute atomic E-state index is 11.7. The van der Waals surface area contributed by atoms with Crippen LogP contribution < -0.4 is 5.32 Å². The summed E-state index contributed by atoms with van der Waals surface area (Å²) in [7, 11) is 1.37. The van der Waals surface area contributed by atoms with Gasteiger partial charge in [-0.3, -0.25) is 4.79 Å². The molecule has 0 fully saturated rings. The number of unbranched alkanes of at least 4 members (excludes halogenated alkanes) is 2. The summed E-state index contributed by atoms with van der Waals surface area (Å²) < 4.78 is 16.0. The van der Waals surface area contributed by atoms with E-state index in [-0.39, 0.29) is 17.7 Å². The van der Waals surface area contributed by atoms with Crippen LogP contribution in [0.1, 0.15) is 46.5 Å². The van der Waals surface area contributed by atoms with E-state index in [0.717, 1.165) is 32.2 Å². The first-order chi connectivity index (χ1) is 11.4. The molecule has 0 rings (SSSR count). The summed E-state index contributed by atoms with van der Waals surface area (Å²) in [5, 5.41) is 2.72. The van der Waals surface area contributed by atoms with Crippen LogP contribution in [0.5, 0.6) is 0 Å². The molecule has 0 aliphatic heterocycles. The zero-order valence-electron chi connectivity index (χ0n) is 14.8. The predicted molar refractivity (Wildman–Crippen MR) is 105 cm³/mol. The number of halogens is 1. The van der Waals surface area contributed by atoms with Crippen LogP contribution in [0.25, 0.3) is 0 Å². The Balaban J connectivity index is 3.44. The minimum Gasteiger partial charge on any atom is -0.379 e. The van der Waals surface area contributed by atoms with Gasteiger partial charge in [-0.25, -0.2) is 0 Å². The molecular weight excluding hydrogens is 445 g/mol. The van der Waals surface area contributed by atoms with Crippen molar-refractivity contribution in [3.63, 3.8) is 0 Å². The van der Waals surface area contributed by atoms with Gasteiger partial charge in [0.05, 0.1) is 41.7 Å². The molecule has 24 heavy (non-hydrogen) atoms. The molecule has 0 aliphatic carbocycles. The fourth-order valence-electron chi connectivity index (χ4n) is 1.76. The largest absolute Gasteiger partial charge is 0.379 e. The summed E-state index contributed by atoms with van der Waals surface area (Å²) in [4.78, 5) is 22.7. The van der Waals surface area contributed by atoms with Crippen molar-refractivity contribution in [2.75, 3.05) is 33.0 Å². The third-order valence-corrected chi connectivity index (χ3v) is 4.31. The lowest BCUT2D eigenvalue weighted by molar-refractivity contribution is -0.126. The fraction of sp³-hybridized carbons (Fsp3) is 0.875. The fourth-order valence-corrected chi connectivity index (χ4v) is 2.48. The number of rotatable bonds is 15. The van der Waals surface area contributed by atoms with Gasteiger partial charge in [0.15, 0.2) is 0 Å². The van der Waals surface area contributed by atoms with Gasteiger partial charge in [0, 0.05) is 34.2 Å². The summed E-state index contributed by atoms with van der Waals surface area (Å²) in [5.74, 6) is -0.171. The minimum absolute atomic E-state index is 0.171. The van der Waals surface area contributed by atoms with Gasteiger partial charge in [-0.1, -0.05) is 20.8 Å². The third kappa shape index (κ3) is 14.4. The Bertz CT molecular complexity index is 339. The predicted octanol–water partition coefficient (Wildman–Crippen LogP) is 3.32. The molecule has 1 amide bonds. The molecule has 1 atom stereocenters. The molecule has 0 aliphatic rings. The van der Waals surface area contributed by atoms with Crippen LogP contribution >= 0.6 is 30.4 Å². The van der Waals surface area contributed by atoms with Crippen LogP contribution in [0.2, 0.25) is 0 Å². The summed E-state index contributed by atoms with van der Waals surface area (Å²) in [6.07, 6.45) is 4.16. The van der Waals surface area contributed by atoms with E-state index in [9.17, 15) is 9.59 Å². The molecule has 1 unspecified atom stereocenters. The zero-order valence-corrected chi connectivity index (χ0v) is 17.8. The molecule has 0 bridgehead atoms. The Labute approximate surface area is 161 Å². The first-order valence-corrected chi connectivity index (χ1v) is 11.5. The van der Waals surface area contributed by atoms with Crippen LogP contribution in [0, 0.1) is 5.41 Å². The number of aldehydes is 1. The average molecular weight is 475 g/mol. The molecule has 0 aromatic rings. The van der Waals surface area contributed by atoms with E-state index in [1.807, 2.05) is 20.8 Å². The van der Waals surface area contributed by atoms with E-state index >= 15 is 0 Å². The molecule has 0 saturated heterocycles. The lowest BCUT2D eigenvalue weighted by atomic mass is 9.87. The normalized spacial score (nSPS) is 12.8. The number of hydrogen-bond acceptors (Lipinski definition) is 6. The smallest absolute Gasteiger partial charge is 0.222 e. The molecule has 0 saturated carbocycles. The number of hydrogen-bond donors (Lipinski definition) is 1. The second kappa shape index (κ2) is 15.4. The van der Waals surface area contributed by atoms with Crippen molar-refractivity contribution in [3.8, 4) is 0 Å². The third-order valence-electron chi connectivity index (χ3n) is 3.29. The van der Waals surface area contributed by atoms with E-state index in [1.54, 1.807) is 0 Å². The summed E-state index contributed by atoms with van der Waals surface area (Å²) in [6.45, 7) is 8.56. The molecule has 8 heteroatoms. The van der Waals surface area contributed by atoms with Gasteiger partial charge in [0.1, 0.15) is 6.29 Å². The molecule has 6 nitrogen and oxygen atoms in total. The van der Waals surface area contributed by atoms with Crippen LogP contribution in [-0.2, 0) is 23.2 Å². The van der Waals surface area contributed by atoms with E-state index in [2.05, 4.69) is 26.5 Å². The molecule has 0 spiro atoms. The maximum Gasteiger partial charge on any atom is 0.222 e. The molecule has 0 radical (unpaired) electrons. The summed E-state index contributed by atoms with van der Waals surface area (Å²) in [5.41, 5.74) is -0.284. The zero-order chi connectivity index (χ0) is 18.3. The Morgan fingerprint density at radius 3 is 2.29 bits per heavy atom. The summed E-state index contributed by atoms with van der Waals surface area (Å²) >= 11 is 2.11. The van der Waals surface area contributed by atoms with E-state index in [0.29, 0.717) is 26.4 Å². The highest BCUT2D eigenvalue weighted by Crippen LogP contribution is 2.17. The number of amides is 1. The Kier molecular flexibility index (Phi) is 15.4. The number of carbonyl (C=O) groups is 2. The van der Waals surface area contributed by atoms with Crippen molar-refractivity contribution < 1.29 is 23.2 Å². The van der Waals surface area contributed by atoms with Crippen molar-refractivity contribution >= 4 is 42.6 Å². The second-order valence-corrected chi connectivity index (χ2v) is 7.91. The van der Waals surface area contributed by atoms with Crippen molar-refractivity contribution in [1.29, 1.82) is 0 Å². The maximum atomic E-state index is 11.7. The first kappa shape index (κ1) is 24.1. The number of ether oxygens (including phenoxy) is 2. The van der Waals surface area contributed by atoms with E-state index in [4.69, 9.17) is 13.7 Å². The van der Waals surface area contributed by atoms with Crippen molar-refractivity contribution in [1.82, 2.24) is 5.32 Å². The molecule has 142 valence electrons. The Morgan fingerprint density at radius 2 is 1.71 bits per heavy atom. The van der Waals surface area contributed by atoms with Crippen molar-refractivity contribution in [3.05, 3.63) is 0 Å². The Morgan fingerprint density at radius 1 is 1.08 bits per heavy atom. The van der Waals surface area contributed by atoms with Gasteiger partial charge >= 0.3 is 0 Å². The van der Waals surface area contributed by atoms with Crippen LogP contribution in [0.4, 0.5) is 0 Å². The van der Waals surface area contributed by atoms with Gasteiger partial charge < -0.3 is 23.8 Å². The van der Waals surface area contributed by atoms with Gasteiger partial charge in [-0.2, -0.15) is 0 Å². The van der Waals surface area contributed by atoms with Crippen LogP contribution in [0.15, 0.2) is 0 Å². The molecule has 0 aromatic heterocycles. The van der Waals surface area contributed by atoms with Crippen molar-refractivity contribution in [2.45, 2.75) is 52.5 Å². The Hall–Kier alpha value is 0.1000. The van der Waals surface area contributed by atoms with Gasteiger partial charge in [-0.15, -0.1) is 0 Å². The summed E-state index contributed by atoms with van der Waals surface area (Å²) in [6, 6.07) is -0.478. The molecule has 0 aromatic carbocycles. The van der Waals surface area contributed by atoms with Gasteiger partial charge in [0.25, 0.3) is 0 Å². The SMILES string of the molecule is CC(C)(C)C(C=O)NC(=O)CCOCCOCCCCCOSI. The average Bonchev–Trinajstić information content (AvgIpc) is 2.52. The molecular formula is C16H30INO5S. The van der Waals surface area contributed by atoms with Gasteiger partial charge in [0.2, 0.25) is 5.91 Å². The number of carbonyl (C=O) groups excluding carboxylic acids is 2. The topological polar surface area (TPSA) is 73.9 Å². The van der Waals surface area contributed by atoms with Crippen LogP contribution in [0.3, 0.4) is 0 Å². The van der Waals surface area contributed by atoms with Gasteiger partial charge in [-0.05, 0) is 24.7 Å². The van der Waals surface area contributed by atoms with Crippen LogP contribution in [-0.4, -0.2) is 51.3 Å². The van der Waals surface area contributed by atoms with E-state index < -0.39 is 6.04 Å². The lowest BCUT2D eigenvalue weighted by Gasteiger charge is -2.26. The second-order valence-electron chi connectivity index (χ2n) is 6.47. The highest BCUT2D eigenvalue weighted by Gasteiger charge is 2.25. The monoisotopic (exact) mass is 475 g/mol. The van der Waals surface area contributed by atoms with Crippen molar-refractivity contribution in [2.24, 2.45) is 5.41 Å². The highest BCUT2D eigenvalue weighted by atomic mass is 127. The van der Waals surface area contributed by atoms with E-state index in [1.165, 1.54) is 9.21 Å². The standard InChI is InChI=1S/C16H30INO5S/c1-16(2,3)14(13-19)18-15(20)7-10-22-12-11-21-8-5-4-6-9-23-24-17/h13-14H,4-12H2,1-3H3,(H,18,20). The number of nitrogens with one attached hydrogen (secondary N) is 1. The minimum atomic E-state index is -0.478.